The van der Waals surface area contributed by atoms with E-state index in [1.54, 1.807) is 18.4 Å². The second-order valence-corrected chi connectivity index (χ2v) is 7.61. The van der Waals surface area contributed by atoms with Crippen molar-refractivity contribution in [2.24, 2.45) is 0 Å². The highest BCUT2D eigenvalue weighted by atomic mass is 32.1. The lowest BCUT2D eigenvalue weighted by molar-refractivity contribution is 0.211. The van der Waals surface area contributed by atoms with Gasteiger partial charge in [0.1, 0.15) is 0 Å². The predicted octanol–water partition coefficient (Wildman–Crippen LogP) is 4.59. The standard InChI is InChI=1S/C18H23N3OS2/c1-13-11-16(17-12-24-18(20-17)19-7-9-22-3)14(2)21(13)8-6-15-5-4-10-23-15/h4-5,10-12H,6-9H2,1-3H3,(H,19,20). The lowest BCUT2D eigenvalue weighted by atomic mass is 10.2. The van der Waals surface area contributed by atoms with Crippen LogP contribution in [0.5, 0.6) is 0 Å². The van der Waals surface area contributed by atoms with Crippen LogP contribution >= 0.6 is 22.7 Å². The number of thiophene rings is 1. The van der Waals surface area contributed by atoms with Gasteiger partial charge in [-0.25, -0.2) is 4.98 Å². The Labute approximate surface area is 151 Å². The van der Waals surface area contributed by atoms with E-state index in [0.717, 1.165) is 30.3 Å². The molecule has 3 heterocycles. The summed E-state index contributed by atoms with van der Waals surface area (Å²) in [5.74, 6) is 0. The number of hydrogen-bond donors (Lipinski definition) is 1. The fraction of sp³-hybridized carbons (Fsp3) is 0.389. The molecule has 0 saturated heterocycles. The Hall–Kier alpha value is -1.63. The summed E-state index contributed by atoms with van der Waals surface area (Å²) in [4.78, 5) is 6.15. The van der Waals surface area contributed by atoms with E-state index in [0.29, 0.717) is 6.61 Å². The SMILES string of the molecule is COCCNc1nc(-c2cc(C)n(CCc3cccs3)c2C)cs1. The molecule has 128 valence electrons. The summed E-state index contributed by atoms with van der Waals surface area (Å²) in [6.07, 6.45) is 1.08. The molecule has 3 aromatic rings. The molecule has 4 nitrogen and oxygen atoms in total. The van der Waals surface area contributed by atoms with Crippen molar-refractivity contribution >= 4 is 27.8 Å². The van der Waals surface area contributed by atoms with Gasteiger partial charge in [-0.3, -0.25) is 0 Å². The van der Waals surface area contributed by atoms with Gasteiger partial charge in [0.25, 0.3) is 0 Å². The lowest BCUT2D eigenvalue weighted by Crippen LogP contribution is -2.07. The fourth-order valence-electron chi connectivity index (χ4n) is 2.82. The average Bonchev–Trinajstić information content (AvgIpc) is 3.28. The quantitative estimate of drug-likeness (QED) is 0.596. The van der Waals surface area contributed by atoms with Crippen LogP contribution in [0, 0.1) is 13.8 Å². The Morgan fingerprint density at radius 2 is 2.17 bits per heavy atom. The molecule has 3 aromatic heterocycles. The molecule has 0 fully saturated rings. The minimum absolute atomic E-state index is 0.687. The Morgan fingerprint density at radius 1 is 1.29 bits per heavy atom. The Balaban J connectivity index is 1.73. The van der Waals surface area contributed by atoms with Crippen LogP contribution in [0.4, 0.5) is 5.13 Å². The van der Waals surface area contributed by atoms with Crippen molar-refractivity contribution in [3.63, 3.8) is 0 Å². The number of aryl methyl sites for hydroxylation is 2. The third-order valence-electron chi connectivity index (χ3n) is 4.10. The molecule has 6 heteroatoms. The van der Waals surface area contributed by atoms with E-state index in [9.17, 15) is 0 Å². The zero-order valence-electron chi connectivity index (χ0n) is 14.3. The van der Waals surface area contributed by atoms with Crippen molar-refractivity contribution in [3.8, 4) is 11.3 Å². The summed E-state index contributed by atoms with van der Waals surface area (Å²) in [6, 6.07) is 6.57. The van der Waals surface area contributed by atoms with E-state index in [1.807, 2.05) is 11.3 Å². The summed E-state index contributed by atoms with van der Waals surface area (Å²) >= 11 is 3.47. The third kappa shape index (κ3) is 3.88. The van der Waals surface area contributed by atoms with Gasteiger partial charge >= 0.3 is 0 Å². The van der Waals surface area contributed by atoms with Gasteiger partial charge in [-0.1, -0.05) is 6.07 Å². The molecule has 0 saturated carbocycles. The first-order valence-corrected chi connectivity index (χ1v) is 9.83. The highest BCUT2D eigenvalue weighted by Gasteiger charge is 2.13. The molecule has 24 heavy (non-hydrogen) atoms. The normalized spacial score (nSPS) is 11.1. The minimum Gasteiger partial charge on any atom is -0.383 e. The van der Waals surface area contributed by atoms with Gasteiger partial charge in [-0.2, -0.15) is 0 Å². The van der Waals surface area contributed by atoms with Crippen molar-refractivity contribution in [2.75, 3.05) is 25.6 Å². The van der Waals surface area contributed by atoms with E-state index in [-0.39, 0.29) is 0 Å². The van der Waals surface area contributed by atoms with Crippen molar-refractivity contribution in [2.45, 2.75) is 26.8 Å². The highest BCUT2D eigenvalue weighted by Crippen LogP contribution is 2.30. The highest BCUT2D eigenvalue weighted by molar-refractivity contribution is 7.14. The monoisotopic (exact) mass is 361 g/mol. The molecule has 0 aromatic carbocycles. The van der Waals surface area contributed by atoms with Crippen LogP contribution in [-0.4, -0.2) is 29.8 Å². The van der Waals surface area contributed by atoms with Crippen LogP contribution < -0.4 is 5.32 Å². The predicted molar refractivity (Wildman–Crippen MR) is 103 cm³/mol. The molecule has 0 atom stereocenters. The number of thiazole rings is 1. The summed E-state index contributed by atoms with van der Waals surface area (Å²) in [5.41, 5.74) is 4.86. The molecule has 0 bridgehead atoms. The second-order valence-electron chi connectivity index (χ2n) is 5.72. The zero-order valence-corrected chi connectivity index (χ0v) is 16.0. The third-order valence-corrected chi connectivity index (χ3v) is 5.83. The van der Waals surface area contributed by atoms with Crippen LogP contribution in [0.25, 0.3) is 11.3 Å². The van der Waals surface area contributed by atoms with Crippen LogP contribution in [0.3, 0.4) is 0 Å². The number of methoxy groups -OCH3 is 1. The van der Waals surface area contributed by atoms with Crippen LogP contribution in [0.15, 0.2) is 29.0 Å². The van der Waals surface area contributed by atoms with Gasteiger partial charge in [-0.15, -0.1) is 22.7 Å². The van der Waals surface area contributed by atoms with Crippen molar-refractivity contribution in [1.29, 1.82) is 0 Å². The van der Waals surface area contributed by atoms with E-state index in [1.165, 1.54) is 21.8 Å². The Kier molecular flexibility index (Phi) is 5.71. The maximum absolute atomic E-state index is 5.06. The topological polar surface area (TPSA) is 39.1 Å². The van der Waals surface area contributed by atoms with Crippen molar-refractivity contribution in [3.05, 3.63) is 45.2 Å². The number of hydrogen-bond acceptors (Lipinski definition) is 5. The van der Waals surface area contributed by atoms with E-state index < -0.39 is 0 Å². The Bertz CT molecular complexity index is 774. The lowest BCUT2D eigenvalue weighted by Gasteiger charge is -2.08. The van der Waals surface area contributed by atoms with Crippen molar-refractivity contribution in [1.82, 2.24) is 9.55 Å². The van der Waals surface area contributed by atoms with Gasteiger partial charge in [0.15, 0.2) is 5.13 Å². The summed E-state index contributed by atoms with van der Waals surface area (Å²) in [7, 11) is 1.71. The number of ether oxygens (including phenoxy) is 1. The summed E-state index contributed by atoms with van der Waals surface area (Å²) < 4.78 is 7.46. The smallest absolute Gasteiger partial charge is 0.183 e. The molecule has 0 amide bonds. The number of nitrogens with one attached hydrogen (secondary N) is 1. The maximum atomic E-state index is 5.06. The number of aromatic nitrogens is 2. The molecule has 0 aliphatic heterocycles. The molecular formula is C18H23N3OS2. The molecule has 0 radical (unpaired) electrons. The van der Waals surface area contributed by atoms with Gasteiger partial charge in [-0.05, 0) is 37.8 Å². The minimum atomic E-state index is 0.687. The first kappa shape index (κ1) is 17.2. The van der Waals surface area contributed by atoms with E-state index in [4.69, 9.17) is 9.72 Å². The summed E-state index contributed by atoms with van der Waals surface area (Å²) in [6.45, 7) is 6.85. The van der Waals surface area contributed by atoms with Gasteiger partial charge in [0, 0.05) is 47.4 Å². The van der Waals surface area contributed by atoms with Crippen molar-refractivity contribution < 1.29 is 4.74 Å². The molecule has 1 N–H and O–H groups in total. The molecule has 0 unspecified atom stereocenters. The second kappa shape index (κ2) is 7.96. The molecule has 0 aliphatic rings. The van der Waals surface area contributed by atoms with E-state index >= 15 is 0 Å². The molecular weight excluding hydrogens is 338 g/mol. The average molecular weight is 362 g/mol. The number of nitrogens with zero attached hydrogens (tertiary/aromatic N) is 2. The van der Waals surface area contributed by atoms with Gasteiger partial charge < -0.3 is 14.6 Å². The maximum Gasteiger partial charge on any atom is 0.183 e. The Morgan fingerprint density at radius 3 is 2.92 bits per heavy atom. The summed E-state index contributed by atoms with van der Waals surface area (Å²) in [5, 5.41) is 8.51. The first-order valence-electron chi connectivity index (χ1n) is 8.07. The first-order chi connectivity index (χ1) is 11.7. The zero-order chi connectivity index (χ0) is 16.9. The van der Waals surface area contributed by atoms with E-state index in [2.05, 4.69) is 52.7 Å². The van der Waals surface area contributed by atoms with Crippen LogP contribution in [0.2, 0.25) is 0 Å². The van der Waals surface area contributed by atoms with Gasteiger partial charge in [0.2, 0.25) is 0 Å². The van der Waals surface area contributed by atoms with Gasteiger partial charge in [0.05, 0.1) is 12.3 Å². The molecule has 0 spiro atoms. The van der Waals surface area contributed by atoms with Crippen LogP contribution in [0.1, 0.15) is 16.3 Å². The fourth-order valence-corrected chi connectivity index (χ4v) is 4.26. The number of anilines is 1. The number of rotatable bonds is 8. The molecule has 0 aliphatic carbocycles. The van der Waals surface area contributed by atoms with Crippen LogP contribution in [-0.2, 0) is 17.7 Å². The largest absolute Gasteiger partial charge is 0.383 e. The molecule has 3 rings (SSSR count).